The van der Waals surface area contributed by atoms with Crippen molar-refractivity contribution in [3.05, 3.63) is 12.3 Å². The van der Waals surface area contributed by atoms with E-state index in [1.54, 1.807) is 6.08 Å². The van der Waals surface area contributed by atoms with Crippen molar-refractivity contribution in [1.29, 1.82) is 0 Å². The Morgan fingerprint density at radius 2 is 1.80 bits per heavy atom. The van der Waals surface area contributed by atoms with E-state index in [0.717, 1.165) is 17.1 Å². The molecule has 0 amide bonds. The van der Waals surface area contributed by atoms with Gasteiger partial charge in [0.1, 0.15) is 0 Å². The molecular weight excluding hydrogens is 292 g/mol. The summed E-state index contributed by atoms with van der Waals surface area (Å²) in [5, 5.41) is 8.33. The number of allylic oxidation sites excluding steroid dienone is 1. The second-order valence-electron chi connectivity index (χ2n) is 4.76. The average molecular weight is 319 g/mol. The first-order valence-electron chi connectivity index (χ1n) is 7.17. The van der Waals surface area contributed by atoms with Crippen LogP contribution in [0.15, 0.2) is 12.3 Å². The zero-order chi connectivity index (χ0) is 15.8. The van der Waals surface area contributed by atoms with Crippen LogP contribution in [0.5, 0.6) is 0 Å². The van der Waals surface area contributed by atoms with Crippen molar-refractivity contribution < 1.29 is 39.9 Å². The number of esters is 1. The van der Waals surface area contributed by atoms with Crippen molar-refractivity contribution in [3.63, 3.8) is 0 Å². The van der Waals surface area contributed by atoms with Crippen LogP contribution in [0.25, 0.3) is 0 Å². The molecule has 20 heavy (non-hydrogen) atoms. The summed E-state index contributed by atoms with van der Waals surface area (Å²) in [5.74, 6) is -1.48. The molecule has 0 fully saturated rings. The molecule has 0 rings (SSSR count). The number of ether oxygens (including phenoxy) is 1. The molecule has 0 saturated carbocycles. The monoisotopic (exact) mass is 319 g/mol. The number of carboxylic acids is 1. The molecule has 0 unspecified atom stereocenters. The third kappa shape index (κ3) is 26.1. The molecule has 0 aliphatic rings. The molecule has 0 aromatic rings. The van der Waals surface area contributed by atoms with E-state index in [2.05, 4.69) is 41.2 Å². The van der Waals surface area contributed by atoms with Gasteiger partial charge in [-0.05, 0) is 18.9 Å². The molecule has 0 heterocycles. The number of unbranched alkanes of at least 4 members (excludes halogenated alkanes) is 4. The predicted molar refractivity (Wildman–Crippen MR) is 76.0 cm³/mol. The zero-order valence-electron chi connectivity index (χ0n) is 12.9. The van der Waals surface area contributed by atoms with Crippen molar-refractivity contribution >= 4 is 11.9 Å². The Morgan fingerprint density at radius 3 is 2.30 bits per heavy atom. The summed E-state index contributed by atoms with van der Waals surface area (Å²) in [6.45, 7) is 6.49. The fourth-order valence-electron chi connectivity index (χ4n) is 1.15. The van der Waals surface area contributed by atoms with E-state index in [9.17, 15) is 9.59 Å². The number of hydrogen-bond donors (Lipinski definition) is 1. The van der Waals surface area contributed by atoms with E-state index < -0.39 is 11.9 Å². The van der Waals surface area contributed by atoms with E-state index in [1.807, 2.05) is 0 Å². The van der Waals surface area contributed by atoms with Crippen molar-refractivity contribution in [2.75, 3.05) is 0 Å². The number of carbonyl (C=O) groups is 2. The normalized spacial score (nSPS) is 10.2. The molecule has 0 radical (unpaired) electrons. The van der Waals surface area contributed by atoms with E-state index in [0.29, 0.717) is 0 Å². The van der Waals surface area contributed by atoms with Crippen LogP contribution in [0.2, 0.25) is 4.22 Å². The summed E-state index contributed by atoms with van der Waals surface area (Å²) in [6, 6.07) is 0. The maximum absolute atomic E-state index is 10.9. The van der Waals surface area contributed by atoms with Gasteiger partial charge in [0.15, 0.2) is 0 Å². The molecule has 0 aliphatic heterocycles. The Hall–Kier alpha value is -0.606. The Bertz CT molecular complexity index is 272. The Morgan fingerprint density at radius 1 is 1.20 bits per heavy atom. The van der Waals surface area contributed by atoms with Crippen LogP contribution in [0.1, 0.15) is 65.7 Å². The Kier molecular flexibility index (Phi) is 17.8. The van der Waals surface area contributed by atoms with E-state index >= 15 is 0 Å². The third-order valence-electron chi connectivity index (χ3n) is 2.06. The van der Waals surface area contributed by atoms with Gasteiger partial charge in [-0.15, -0.1) is 0 Å². The van der Waals surface area contributed by atoms with Crippen LogP contribution in [-0.2, 0) is 34.8 Å². The van der Waals surface area contributed by atoms with Crippen molar-refractivity contribution in [2.24, 2.45) is 0 Å². The van der Waals surface area contributed by atoms with Crippen LogP contribution in [0, 0.1) is 0 Å². The van der Waals surface area contributed by atoms with Gasteiger partial charge in [-0.25, -0.2) is 0 Å². The van der Waals surface area contributed by atoms with E-state index in [1.165, 1.54) is 25.5 Å². The summed E-state index contributed by atoms with van der Waals surface area (Å²) < 4.78 is 5.55. The Labute approximate surface area is 134 Å². The second-order valence-corrected chi connectivity index (χ2v) is 6.56. The van der Waals surface area contributed by atoms with Gasteiger partial charge in [-0.2, -0.15) is 0 Å². The number of rotatable bonds is 9. The SMILES string of the molecule is CCCCCCC=COC(=O)CCC(=O)O.C[CH](C)[Ti]. The van der Waals surface area contributed by atoms with Gasteiger partial charge < -0.3 is 9.84 Å². The maximum atomic E-state index is 10.9. The van der Waals surface area contributed by atoms with Crippen LogP contribution >= 0.6 is 0 Å². The van der Waals surface area contributed by atoms with Crippen LogP contribution in [-0.4, -0.2) is 17.0 Å². The summed E-state index contributed by atoms with van der Waals surface area (Å²) >= 11 is 2.17. The topological polar surface area (TPSA) is 63.6 Å². The number of carboxylic acid groups (broad SMARTS) is 1. The summed E-state index contributed by atoms with van der Waals surface area (Å²) in [6.07, 6.45) is 8.51. The fraction of sp³-hybridized carbons (Fsp3) is 0.733. The Balaban J connectivity index is 0. The molecular formula is C15H27O4Ti. The van der Waals surface area contributed by atoms with Crippen LogP contribution < -0.4 is 0 Å². The van der Waals surface area contributed by atoms with Gasteiger partial charge in [0.25, 0.3) is 0 Å². The molecule has 1 N–H and O–H groups in total. The van der Waals surface area contributed by atoms with Crippen molar-refractivity contribution in [1.82, 2.24) is 0 Å². The molecule has 5 heteroatoms. The molecule has 0 atom stereocenters. The molecule has 0 aromatic carbocycles. The zero-order valence-corrected chi connectivity index (χ0v) is 14.4. The standard InChI is InChI=1S/C12H20O4.C3H7.Ti/c1-2-3-4-5-6-7-10-16-12(15)9-8-11(13)14;1-3-2;/h7,10H,2-6,8-9H2,1H3,(H,13,14);3H,1-2H3;. The van der Waals surface area contributed by atoms with Gasteiger partial charge in [-0.1, -0.05) is 26.2 Å². The van der Waals surface area contributed by atoms with E-state index in [-0.39, 0.29) is 12.8 Å². The van der Waals surface area contributed by atoms with Gasteiger partial charge in [0.05, 0.1) is 19.1 Å². The van der Waals surface area contributed by atoms with Gasteiger partial charge in [-0.3, -0.25) is 9.59 Å². The minimum atomic E-state index is -0.986. The molecule has 0 saturated heterocycles. The average Bonchev–Trinajstić information content (AvgIpc) is 2.34. The molecule has 0 bridgehead atoms. The minimum absolute atomic E-state index is 0.0739. The third-order valence-corrected chi connectivity index (χ3v) is 2.06. The van der Waals surface area contributed by atoms with Gasteiger partial charge >= 0.3 is 50.4 Å². The summed E-state index contributed by atoms with van der Waals surface area (Å²) in [4.78, 5) is 21.1. The molecule has 0 spiro atoms. The number of carbonyl (C=O) groups excluding carboxylic acids is 1. The van der Waals surface area contributed by atoms with Crippen molar-refractivity contribution in [2.45, 2.75) is 69.9 Å². The first-order valence-corrected chi connectivity index (χ1v) is 8.07. The van der Waals surface area contributed by atoms with Crippen molar-refractivity contribution in [3.8, 4) is 0 Å². The first-order chi connectivity index (χ1) is 9.40. The van der Waals surface area contributed by atoms with Gasteiger partial charge in [0, 0.05) is 0 Å². The molecule has 0 aromatic heterocycles. The van der Waals surface area contributed by atoms with Crippen LogP contribution in [0.3, 0.4) is 0 Å². The first kappa shape index (κ1) is 21.7. The quantitative estimate of drug-likeness (QED) is 0.299. The summed E-state index contributed by atoms with van der Waals surface area (Å²) in [7, 11) is 0. The second kappa shape index (κ2) is 16.4. The molecule has 115 valence electrons. The predicted octanol–water partition coefficient (Wildman–Crippen LogP) is 4.24. The molecule has 0 aliphatic carbocycles. The molecule has 4 nitrogen and oxygen atoms in total. The van der Waals surface area contributed by atoms with Gasteiger partial charge in [0.2, 0.25) is 0 Å². The number of aliphatic carboxylic acids is 1. The number of hydrogen-bond acceptors (Lipinski definition) is 3. The van der Waals surface area contributed by atoms with E-state index in [4.69, 9.17) is 9.84 Å². The fourth-order valence-corrected chi connectivity index (χ4v) is 1.15. The van der Waals surface area contributed by atoms with Crippen LogP contribution in [0.4, 0.5) is 0 Å². The summed E-state index contributed by atoms with van der Waals surface area (Å²) in [5.41, 5.74) is 0.